The number of rotatable bonds is 5. The topological polar surface area (TPSA) is 60.2 Å². The highest BCUT2D eigenvalue weighted by Crippen LogP contribution is 2.19. The molecule has 0 radical (unpaired) electrons. The molecule has 2 aromatic rings. The molecule has 19 heavy (non-hydrogen) atoms. The zero-order valence-electron chi connectivity index (χ0n) is 11.5. The van der Waals surface area contributed by atoms with Crippen LogP contribution in [-0.4, -0.2) is 33.8 Å². The smallest absolute Gasteiger partial charge is 0.114 e. The molecule has 1 heterocycles. The van der Waals surface area contributed by atoms with Gasteiger partial charge in [0.2, 0.25) is 0 Å². The Balaban J connectivity index is 2.33. The van der Waals surface area contributed by atoms with Crippen molar-refractivity contribution in [1.29, 1.82) is 0 Å². The van der Waals surface area contributed by atoms with Crippen LogP contribution in [0.3, 0.4) is 0 Å². The first kappa shape index (κ1) is 13.7. The van der Waals surface area contributed by atoms with Crippen LogP contribution in [-0.2, 0) is 16.8 Å². The number of hydrogen-bond donors (Lipinski definition) is 1. The Morgan fingerprint density at radius 1 is 1.32 bits per heavy atom. The molecule has 0 fully saturated rings. The van der Waals surface area contributed by atoms with Crippen molar-refractivity contribution in [2.24, 2.45) is 0 Å². The van der Waals surface area contributed by atoms with Crippen molar-refractivity contribution in [1.82, 2.24) is 15.0 Å². The SMILES string of the molecule is COCCc1ccccc1-n1cc(C(C)(C)O)nn1. The quantitative estimate of drug-likeness (QED) is 0.889. The third-order valence-corrected chi connectivity index (χ3v) is 2.93. The fraction of sp³-hybridized carbons (Fsp3) is 0.429. The third-order valence-electron chi connectivity index (χ3n) is 2.93. The molecule has 0 saturated heterocycles. The Hall–Kier alpha value is -1.72. The van der Waals surface area contributed by atoms with Crippen molar-refractivity contribution in [3.8, 4) is 5.69 Å². The molecule has 1 aromatic carbocycles. The van der Waals surface area contributed by atoms with Gasteiger partial charge < -0.3 is 9.84 Å². The lowest BCUT2D eigenvalue weighted by molar-refractivity contribution is 0.0737. The van der Waals surface area contributed by atoms with E-state index in [0.717, 1.165) is 17.7 Å². The Labute approximate surface area is 112 Å². The number of methoxy groups -OCH3 is 1. The molecule has 102 valence electrons. The van der Waals surface area contributed by atoms with Crippen molar-refractivity contribution in [2.75, 3.05) is 13.7 Å². The minimum Gasteiger partial charge on any atom is -0.384 e. The van der Waals surface area contributed by atoms with Crippen molar-refractivity contribution in [3.63, 3.8) is 0 Å². The lowest BCUT2D eigenvalue weighted by atomic mass is 10.1. The average molecular weight is 261 g/mol. The van der Waals surface area contributed by atoms with Crippen molar-refractivity contribution >= 4 is 0 Å². The van der Waals surface area contributed by atoms with E-state index in [1.54, 1.807) is 31.8 Å². The van der Waals surface area contributed by atoms with E-state index in [4.69, 9.17) is 4.74 Å². The maximum absolute atomic E-state index is 9.92. The molecular weight excluding hydrogens is 242 g/mol. The van der Waals surface area contributed by atoms with Crippen LogP contribution >= 0.6 is 0 Å². The first-order chi connectivity index (χ1) is 9.02. The van der Waals surface area contributed by atoms with Crippen molar-refractivity contribution in [2.45, 2.75) is 25.9 Å². The van der Waals surface area contributed by atoms with Crippen LogP contribution in [0.4, 0.5) is 0 Å². The molecule has 0 unspecified atom stereocenters. The Kier molecular flexibility index (Phi) is 3.97. The second-order valence-corrected chi connectivity index (χ2v) is 4.98. The lowest BCUT2D eigenvalue weighted by Crippen LogP contribution is -2.15. The molecular formula is C14H19N3O2. The number of hydrogen-bond acceptors (Lipinski definition) is 4. The molecule has 5 heteroatoms. The van der Waals surface area contributed by atoms with Gasteiger partial charge in [0.25, 0.3) is 0 Å². The molecule has 5 nitrogen and oxygen atoms in total. The van der Waals surface area contributed by atoms with Gasteiger partial charge in [0.1, 0.15) is 11.3 Å². The monoisotopic (exact) mass is 261 g/mol. The zero-order chi connectivity index (χ0) is 13.9. The number of aromatic nitrogens is 3. The normalized spacial score (nSPS) is 11.8. The molecule has 0 spiro atoms. The summed E-state index contributed by atoms with van der Waals surface area (Å²) in [5.41, 5.74) is 1.66. The fourth-order valence-corrected chi connectivity index (χ4v) is 1.82. The second kappa shape index (κ2) is 5.50. The van der Waals surface area contributed by atoms with Crippen molar-refractivity contribution < 1.29 is 9.84 Å². The predicted octanol–water partition coefficient (Wildman–Crippen LogP) is 1.68. The number of para-hydroxylation sites is 1. The minimum absolute atomic E-state index is 0.550. The van der Waals surface area contributed by atoms with Crippen LogP contribution in [0.2, 0.25) is 0 Å². The molecule has 1 aromatic heterocycles. The summed E-state index contributed by atoms with van der Waals surface area (Å²) >= 11 is 0. The molecule has 0 bridgehead atoms. The van der Waals surface area contributed by atoms with Gasteiger partial charge in [-0.3, -0.25) is 0 Å². The van der Waals surface area contributed by atoms with Crippen LogP contribution in [0.5, 0.6) is 0 Å². The third kappa shape index (κ3) is 3.19. The Morgan fingerprint density at radius 2 is 2.05 bits per heavy atom. The van der Waals surface area contributed by atoms with Gasteiger partial charge in [0.05, 0.1) is 18.5 Å². The van der Waals surface area contributed by atoms with Gasteiger partial charge in [0, 0.05) is 7.11 Å². The lowest BCUT2D eigenvalue weighted by Gasteiger charge is -2.12. The molecule has 0 amide bonds. The molecule has 0 aliphatic rings. The summed E-state index contributed by atoms with van der Waals surface area (Å²) in [5.74, 6) is 0. The zero-order valence-corrected chi connectivity index (χ0v) is 11.5. The molecule has 2 rings (SSSR count). The summed E-state index contributed by atoms with van der Waals surface area (Å²) in [7, 11) is 1.68. The van der Waals surface area contributed by atoms with Crippen LogP contribution in [0.25, 0.3) is 5.69 Å². The Bertz CT molecular complexity index is 544. The largest absolute Gasteiger partial charge is 0.384 e. The predicted molar refractivity (Wildman–Crippen MR) is 72.2 cm³/mol. The van der Waals surface area contributed by atoms with Gasteiger partial charge >= 0.3 is 0 Å². The van der Waals surface area contributed by atoms with Gasteiger partial charge in [-0.15, -0.1) is 5.10 Å². The van der Waals surface area contributed by atoms with E-state index >= 15 is 0 Å². The van der Waals surface area contributed by atoms with Gasteiger partial charge in [-0.1, -0.05) is 23.4 Å². The standard InChI is InChI=1S/C14H19N3O2/c1-14(2,18)13-10-17(16-15-13)12-7-5-4-6-11(12)8-9-19-3/h4-7,10,18H,8-9H2,1-3H3. The highest BCUT2D eigenvalue weighted by Gasteiger charge is 2.20. The molecule has 0 aliphatic carbocycles. The van der Waals surface area contributed by atoms with E-state index in [1.807, 2.05) is 24.3 Å². The summed E-state index contributed by atoms with van der Waals surface area (Å²) < 4.78 is 6.80. The number of aliphatic hydroxyl groups is 1. The highest BCUT2D eigenvalue weighted by molar-refractivity contribution is 5.40. The maximum Gasteiger partial charge on any atom is 0.114 e. The van der Waals surface area contributed by atoms with E-state index in [-0.39, 0.29) is 0 Å². The first-order valence-electron chi connectivity index (χ1n) is 6.25. The molecule has 0 aliphatic heterocycles. The van der Waals surface area contributed by atoms with Crippen LogP contribution in [0, 0.1) is 0 Å². The van der Waals surface area contributed by atoms with Gasteiger partial charge in [0.15, 0.2) is 0 Å². The second-order valence-electron chi connectivity index (χ2n) is 4.98. The van der Waals surface area contributed by atoms with E-state index in [2.05, 4.69) is 10.3 Å². The maximum atomic E-state index is 9.92. The number of benzene rings is 1. The number of nitrogens with zero attached hydrogens (tertiary/aromatic N) is 3. The Morgan fingerprint density at radius 3 is 2.68 bits per heavy atom. The molecule has 0 saturated carbocycles. The molecule has 1 N–H and O–H groups in total. The van der Waals surface area contributed by atoms with E-state index < -0.39 is 5.60 Å². The highest BCUT2D eigenvalue weighted by atomic mass is 16.5. The van der Waals surface area contributed by atoms with Gasteiger partial charge in [-0.25, -0.2) is 4.68 Å². The summed E-state index contributed by atoms with van der Waals surface area (Å²) in [6.45, 7) is 4.04. The molecule has 0 atom stereocenters. The summed E-state index contributed by atoms with van der Waals surface area (Å²) in [6.07, 6.45) is 2.57. The van der Waals surface area contributed by atoms with Crippen LogP contribution < -0.4 is 0 Å². The first-order valence-corrected chi connectivity index (χ1v) is 6.25. The van der Waals surface area contributed by atoms with Crippen LogP contribution in [0.1, 0.15) is 25.1 Å². The fourth-order valence-electron chi connectivity index (χ4n) is 1.82. The summed E-state index contributed by atoms with van der Waals surface area (Å²) in [6, 6.07) is 7.97. The van der Waals surface area contributed by atoms with E-state index in [9.17, 15) is 5.11 Å². The van der Waals surface area contributed by atoms with Crippen molar-refractivity contribution in [3.05, 3.63) is 41.7 Å². The van der Waals surface area contributed by atoms with E-state index in [0.29, 0.717) is 12.3 Å². The van der Waals surface area contributed by atoms with Crippen LogP contribution in [0.15, 0.2) is 30.5 Å². The van der Waals surface area contributed by atoms with Gasteiger partial charge in [-0.2, -0.15) is 0 Å². The average Bonchev–Trinajstić information content (AvgIpc) is 2.86. The minimum atomic E-state index is -0.986. The summed E-state index contributed by atoms with van der Waals surface area (Å²) in [5, 5.41) is 18.0. The number of ether oxygens (including phenoxy) is 1. The van der Waals surface area contributed by atoms with Gasteiger partial charge in [-0.05, 0) is 31.9 Å². The van der Waals surface area contributed by atoms with E-state index in [1.165, 1.54) is 0 Å². The summed E-state index contributed by atoms with van der Waals surface area (Å²) in [4.78, 5) is 0.